The molecule has 1 saturated heterocycles. The Morgan fingerprint density at radius 3 is 2.77 bits per heavy atom. The number of aromatic nitrogens is 4. The van der Waals surface area contributed by atoms with Gasteiger partial charge in [0.25, 0.3) is 5.91 Å². The monoisotopic (exact) mass is 516 g/mol. The van der Waals surface area contributed by atoms with Gasteiger partial charge in [0.15, 0.2) is 17.4 Å². The van der Waals surface area contributed by atoms with Gasteiger partial charge in [0.05, 0.1) is 31.6 Å². The normalized spacial score (nSPS) is 23.6. The Morgan fingerprint density at radius 2 is 2.06 bits per heavy atom. The maximum absolute atomic E-state index is 12.1. The van der Waals surface area contributed by atoms with Gasteiger partial charge in [0, 0.05) is 6.54 Å². The number of aliphatic imine (C=N–C) groups is 1. The Labute approximate surface area is 199 Å². The number of fused-ring (bicyclic) bond motifs is 1. The maximum Gasteiger partial charge on any atom is 0.362 e. The highest BCUT2D eigenvalue weighted by molar-refractivity contribution is 7.85. The Hall–Kier alpha value is -3.16. The number of amides is 1. The molecule has 18 heteroatoms. The number of carbonyl (C=O) groups is 1. The van der Waals surface area contributed by atoms with Crippen LogP contribution in [0, 0.1) is 0 Å². The van der Waals surface area contributed by atoms with Crippen molar-refractivity contribution in [1.82, 2.24) is 24.2 Å². The Morgan fingerprint density at radius 1 is 1.31 bits per heavy atom. The number of anilines is 1. The molecule has 2 aromatic rings. The topological polar surface area (TPSA) is 282 Å². The standard InChI is InChI=1S/C17H28N10O7S/c18-8(2-1-3-22-17(20)21)16(30)26-35(31,32)34-5-10-13(29)12(28)9(4-33-10)27-7-25-11-14(19)23-6-24-15(11)27/h6-10,12-13,28-29H,1-5,18H2,(H,26,30)(H2,19,23,24)(H4,20,21,22)/t8-,9+,10+,12-,13+/m0/s1. The van der Waals surface area contributed by atoms with E-state index < -0.39 is 53.2 Å². The van der Waals surface area contributed by atoms with Crippen molar-refractivity contribution in [3.63, 3.8) is 0 Å². The third-order valence-electron chi connectivity index (χ3n) is 5.27. The molecule has 0 aromatic carbocycles. The van der Waals surface area contributed by atoms with Crippen molar-refractivity contribution in [1.29, 1.82) is 0 Å². The Balaban J connectivity index is 1.53. The number of rotatable bonds is 10. The molecule has 2 aromatic heterocycles. The molecule has 194 valence electrons. The zero-order valence-corrected chi connectivity index (χ0v) is 19.3. The van der Waals surface area contributed by atoms with Gasteiger partial charge >= 0.3 is 10.3 Å². The van der Waals surface area contributed by atoms with Gasteiger partial charge in [-0.3, -0.25) is 14.0 Å². The fourth-order valence-corrected chi connectivity index (χ4v) is 4.18. The summed E-state index contributed by atoms with van der Waals surface area (Å²) in [4.78, 5) is 27.8. The fraction of sp³-hybridized carbons (Fsp3) is 0.588. The van der Waals surface area contributed by atoms with E-state index in [2.05, 4.69) is 19.9 Å². The zero-order valence-electron chi connectivity index (χ0n) is 18.5. The van der Waals surface area contributed by atoms with Crippen molar-refractivity contribution in [3.05, 3.63) is 12.7 Å². The number of aliphatic hydroxyl groups is 2. The number of nitrogens with two attached hydrogens (primary N) is 4. The second kappa shape index (κ2) is 11.1. The first kappa shape index (κ1) is 26.4. The summed E-state index contributed by atoms with van der Waals surface area (Å²) in [5, 5.41) is 21.1. The van der Waals surface area contributed by atoms with E-state index >= 15 is 0 Å². The van der Waals surface area contributed by atoms with E-state index in [-0.39, 0.29) is 31.3 Å². The Kier molecular flexibility index (Phi) is 8.35. The highest BCUT2D eigenvalue weighted by Gasteiger charge is 2.41. The molecule has 5 atom stereocenters. The third kappa shape index (κ3) is 6.50. The molecule has 0 saturated carbocycles. The van der Waals surface area contributed by atoms with Crippen LogP contribution >= 0.6 is 0 Å². The number of nitrogen functional groups attached to an aromatic ring is 1. The molecule has 3 rings (SSSR count). The van der Waals surface area contributed by atoms with Crippen molar-refractivity contribution >= 4 is 39.2 Å². The summed E-state index contributed by atoms with van der Waals surface area (Å²) in [6.07, 6.45) is -1.06. The van der Waals surface area contributed by atoms with Gasteiger partial charge in [-0.15, -0.1) is 0 Å². The first-order valence-electron chi connectivity index (χ1n) is 10.4. The lowest BCUT2D eigenvalue weighted by molar-refractivity contribution is -0.166. The predicted octanol–water partition coefficient (Wildman–Crippen LogP) is -4.17. The molecule has 1 aliphatic rings. The van der Waals surface area contributed by atoms with E-state index in [4.69, 9.17) is 31.9 Å². The lowest BCUT2D eigenvalue weighted by Crippen LogP contribution is -2.53. The van der Waals surface area contributed by atoms with Crippen molar-refractivity contribution in [3.8, 4) is 0 Å². The van der Waals surface area contributed by atoms with Crippen LogP contribution in [0.4, 0.5) is 5.82 Å². The van der Waals surface area contributed by atoms with Gasteiger partial charge in [-0.05, 0) is 12.8 Å². The van der Waals surface area contributed by atoms with E-state index in [1.807, 2.05) is 0 Å². The van der Waals surface area contributed by atoms with Crippen LogP contribution in [0.5, 0.6) is 0 Å². The van der Waals surface area contributed by atoms with Crippen molar-refractivity contribution in [2.24, 2.45) is 22.2 Å². The molecule has 0 spiro atoms. The van der Waals surface area contributed by atoms with Crippen molar-refractivity contribution < 1.29 is 32.3 Å². The van der Waals surface area contributed by atoms with E-state index in [1.165, 1.54) is 17.2 Å². The number of aliphatic hydroxyl groups excluding tert-OH is 2. The molecular weight excluding hydrogens is 488 g/mol. The van der Waals surface area contributed by atoms with Gasteiger partial charge in [0.1, 0.15) is 30.2 Å². The van der Waals surface area contributed by atoms with Crippen LogP contribution in [0.3, 0.4) is 0 Å². The van der Waals surface area contributed by atoms with E-state index in [0.717, 1.165) is 0 Å². The average Bonchev–Trinajstić information content (AvgIpc) is 3.22. The zero-order chi connectivity index (χ0) is 25.8. The van der Waals surface area contributed by atoms with Crippen LogP contribution in [0.15, 0.2) is 17.6 Å². The number of guanidine groups is 1. The van der Waals surface area contributed by atoms with E-state index in [0.29, 0.717) is 17.6 Å². The number of ether oxygens (including phenoxy) is 1. The minimum Gasteiger partial charge on any atom is -0.388 e. The summed E-state index contributed by atoms with van der Waals surface area (Å²) in [5.41, 5.74) is 22.4. The predicted molar refractivity (Wildman–Crippen MR) is 121 cm³/mol. The second-order valence-electron chi connectivity index (χ2n) is 7.76. The number of hydrogen-bond donors (Lipinski definition) is 7. The van der Waals surface area contributed by atoms with Crippen LogP contribution in [-0.4, -0.2) is 94.1 Å². The molecule has 1 fully saturated rings. The minimum atomic E-state index is -4.57. The number of hydrogen-bond acceptors (Lipinski definition) is 13. The van der Waals surface area contributed by atoms with E-state index in [1.54, 1.807) is 4.72 Å². The molecule has 11 N–H and O–H groups in total. The van der Waals surface area contributed by atoms with Crippen LogP contribution in [-0.2, 0) is 24.0 Å². The molecule has 17 nitrogen and oxygen atoms in total. The molecule has 1 amide bonds. The summed E-state index contributed by atoms with van der Waals surface area (Å²) in [6, 6.07) is -1.95. The lowest BCUT2D eigenvalue weighted by atomic mass is 9.98. The summed E-state index contributed by atoms with van der Waals surface area (Å²) < 4.78 is 37.7. The van der Waals surface area contributed by atoms with Gasteiger partial charge in [-0.2, -0.15) is 8.42 Å². The molecular formula is C17H28N10O7S. The van der Waals surface area contributed by atoms with Gasteiger partial charge in [0.2, 0.25) is 0 Å². The molecule has 35 heavy (non-hydrogen) atoms. The second-order valence-corrected chi connectivity index (χ2v) is 9.11. The van der Waals surface area contributed by atoms with Gasteiger partial charge < -0.3 is 42.5 Å². The average molecular weight is 517 g/mol. The highest BCUT2D eigenvalue weighted by atomic mass is 32.2. The number of nitrogens with one attached hydrogen (secondary N) is 1. The number of nitrogens with zero attached hydrogens (tertiary/aromatic N) is 5. The van der Waals surface area contributed by atoms with Gasteiger partial charge in [-0.25, -0.2) is 19.7 Å². The molecule has 1 aliphatic heterocycles. The van der Waals surface area contributed by atoms with Crippen molar-refractivity contribution in [2.75, 3.05) is 25.5 Å². The van der Waals surface area contributed by atoms with Crippen molar-refractivity contribution in [2.45, 2.75) is 43.2 Å². The SMILES string of the molecule is NC(N)=NCCC[C@H](N)C(=O)NS(=O)(=O)OC[C@H]1OC[C@@H](n2cnc3c(N)ncnc32)[C@H](O)[C@@H]1O. The van der Waals surface area contributed by atoms with Crippen LogP contribution < -0.4 is 27.7 Å². The first-order valence-corrected chi connectivity index (χ1v) is 11.8. The summed E-state index contributed by atoms with van der Waals surface area (Å²) in [6.45, 7) is -0.580. The third-order valence-corrected chi connectivity index (χ3v) is 6.17. The summed E-state index contributed by atoms with van der Waals surface area (Å²) in [5.74, 6) is -0.958. The summed E-state index contributed by atoms with van der Waals surface area (Å²) in [7, 11) is -4.57. The van der Waals surface area contributed by atoms with Crippen LogP contribution in [0.25, 0.3) is 11.2 Å². The molecule has 3 heterocycles. The van der Waals surface area contributed by atoms with E-state index in [9.17, 15) is 23.4 Å². The Bertz CT molecular complexity index is 1170. The molecule has 0 radical (unpaired) electrons. The number of imidazole rings is 1. The maximum atomic E-state index is 12.1. The quantitative estimate of drug-likeness (QED) is 0.0896. The number of carbonyl (C=O) groups excluding carboxylic acids is 1. The molecule has 0 unspecified atom stereocenters. The molecule has 0 aliphatic carbocycles. The smallest absolute Gasteiger partial charge is 0.362 e. The highest BCUT2D eigenvalue weighted by Crippen LogP contribution is 2.28. The fourth-order valence-electron chi connectivity index (χ4n) is 3.41. The largest absolute Gasteiger partial charge is 0.388 e. The first-order chi connectivity index (χ1) is 16.5. The lowest BCUT2D eigenvalue weighted by Gasteiger charge is -2.37. The van der Waals surface area contributed by atoms with Crippen LogP contribution in [0.1, 0.15) is 18.9 Å². The minimum absolute atomic E-state index is 0.111. The van der Waals surface area contributed by atoms with Gasteiger partial charge in [-0.1, -0.05) is 0 Å². The molecule has 0 bridgehead atoms. The summed E-state index contributed by atoms with van der Waals surface area (Å²) >= 11 is 0. The van der Waals surface area contributed by atoms with Crippen LogP contribution in [0.2, 0.25) is 0 Å².